The van der Waals surface area contributed by atoms with Crippen molar-refractivity contribution in [3.63, 3.8) is 0 Å². The van der Waals surface area contributed by atoms with Crippen LogP contribution in [0.5, 0.6) is 0 Å². The molecule has 0 saturated heterocycles. The van der Waals surface area contributed by atoms with Gasteiger partial charge in [-0.25, -0.2) is 0 Å². The monoisotopic (exact) mass is 294 g/mol. The number of fused-ring (bicyclic) bond motifs is 1. The Morgan fingerprint density at radius 1 is 1.05 bits per heavy atom. The lowest BCUT2D eigenvalue weighted by Crippen LogP contribution is -2.38. The lowest BCUT2D eigenvalue weighted by atomic mass is 10.1. The highest BCUT2D eigenvalue weighted by atomic mass is 16.2. The number of carbonyl (C=O) groups is 2. The minimum atomic E-state index is -0.114. The summed E-state index contributed by atoms with van der Waals surface area (Å²) in [6.07, 6.45) is 0.792. The van der Waals surface area contributed by atoms with Crippen LogP contribution in [0, 0.1) is 0 Å². The van der Waals surface area contributed by atoms with Gasteiger partial charge < -0.3 is 10.2 Å². The number of amides is 2. The van der Waals surface area contributed by atoms with Crippen LogP contribution in [0.4, 0.5) is 0 Å². The predicted molar refractivity (Wildman–Crippen MR) is 84.3 cm³/mol. The molecule has 0 bridgehead atoms. The van der Waals surface area contributed by atoms with Crippen LogP contribution in [0.25, 0.3) is 0 Å². The molecule has 2 aromatic rings. The van der Waals surface area contributed by atoms with Crippen molar-refractivity contribution in [3.05, 3.63) is 71.3 Å². The van der Waals surface area contributed by atoms with E-state index in [0.29, 0.717) is 18.7 Å². The van der Waals surface area contributed by atoms with Crippen molar-refractivity contribution in [1.29, 1.82) is 0 Å². The molecular weight excluding hydrogens is 276 g/mol. The van der Waals surface area contributed by atoms with Gasteiger partial charge in [0.05, 0.1) is 0 Å². The van der Waals surface area contributed by atoms with E-state index >= 15 is 0 Å². The fourth-order valence-electron chi connectivity index (χ4n) is 2.66. The van der Waals surface area contributed by atoms with E-state index in [-0.39, 0.29) is 18.4 Å². The highest BCUT2D eigenvalue weighted by molar-refractivity contribution is 6.00. The average molecular weight is 294 g/mol. The third-order valence-corrected chi connectivity index (χ3v) is 3.81. The summed E-state index contributed by atoms with van der Waals surface area (Å²) in [6.45, 7) is 1.21. The molecule has 0 radical (unpaired) electrons. The summed E-state index contributed by atoms with van der Waals surface area (Å²) in [6, 6.07) is 17.5. The first-order chi connectivity index (χ1) is 10.7. The molecule has 0 fully saturated rings. The molecule has 2 amide bonds. The standard InChI is InChI=1S/C18H18N2O2/c21-17(19-11-10-14-6-2-1-3-7-14)13-20-12-15-8-4-5-9-16(15)18(20)22/h1-9H,10-13H2,(H,19,21). The van der Waals surface area contributed by atoms with Crippen LogP contribution < -0.4 is 5.32 Å². The number of hydrogen-bond acceptors (Lipinski definition) is 2. The van der Waals surface area contributed by atoms with Gasteiger partial charge in [0.1, 0.15) is 6.54 Å². The summed E-state index contributed by atoms with van der Waals surface area (Å²) in [7, 11) is 0. The van der Waals surface area contributed by atoms with Crippen LogP contribution in [0.15, 0.2) is 54.6 Å². The number of carbonyl (C=O) groups excluding carboxylic acids is 2. The minimum Gasteiger partial charge on any atom is -0.354 e. The van der Waals surface area contributed by atoms with Crippen molar-refractivity contribution in [2.24, 2.45) is 0 Å². The largest absolute Gasteiger partial charge is 0.354 e. The Balaban J connectivity index is 1.48. The molecule has 2 aromatic carbocycles. The zero-order valence-corrected chi connectivity index (χ0v) is 12.3. The van der Waals surface area contributed by atoms with Gasteiger partial charge in [0.15, 0.2) is 0 Å². The Bertz CT molecular complexity index is 682. The lowest BCUT2D eigenvalue weighted by Gasteiger charge is -2.15. The first kappa shape index (κ1) is 14.3. The Morgan fingerprint density at radius 3 is 2.55 bits per heavy atom. The zero-order chi connectivity index (χ0) is 15.4. The van der Waals surface area contributed by atoms with Gasteiger partial charge in [0.25, 0.3) is 5.91 Å². The zero-order valence-electron chi connectivity index (χ0n) is 12.3. The van der Waals surface area contributed by atoms with Crippen LogP contribution in [-0.4, -0.2) is 29.8 Å². The summed E-state index contributed by atoms with van der Waals surface area (Å²) in [5, 5.41) is 2.87. The Hall–Kier alpha value is -2.62. The minimum absolute atomic E-state index is 0.0613. The number of nitrogens with one attached hydrogen (secondary N) is 1. The van der Waals surface area contributed by atoms with Gasteiger partial charge in [-0.1, -0.05) is 48.5 Å². The number of nitrogens with zero attached hydrogens (tertiary/aromatic N) is 1. The van der Waals surface area contributed by atoms with Gasteiger partial charge in [0, 0.05) is 18.7 Å². The molecule has 0 aliphatic carbocycles. The highest BCUT2D eigenvalue weighted by Gasteiger charge is 2.27. The lowest BCUT2D eigenvalue weighted by molar-refractivity contribution is -0.121. The van der Waals surface area contributed by atoms with E-state index < -0.39 is 0 Å². The fraction of sp³-hybridized carbons (Fsp3) is 0.222. The SMILES string of the molecule is O=C(CN1Cc2ccccc2C1=O)NCCc1ccccc1. The molecule has 0 unspecified atom stereocenters. The maximum Gasteiger partial charge on any atom is 0.254 e. The molecule has 0 spiro atoms. The second-order valence-corrected chi connectivity index (χ2v) is 5.40. The van der Waals surface area contributed by atoms with Gasteiger partial charge >= 0.3 is 0 Å². The van der Waals surface area contributed by atoms with Crippen molar-refractivity contribution in [1.82, 2.24) is 10.2 Å². The molecule has 22 heavy (non-hydrogen) atoms. The quantitative estimate of drug-likeness (QED) is 0.917. The van der Waals surface area contributed by atoms with Gasteiger partial charge in [-0.3, -0.25) is 9.59 Å². The molecule has 1 N–H and O–H groups in total. The third kappa shape index (κ3) is 3.17. The van der Waals surface area contributed by atoms with Crippen LogP contribution in [-0.2, 0) is 17.8 Å². The van der Waals surface area contributed by atoms with Crippen LogP contribution >= 0.6 is 0 Å². The molecule has 1 heterocycles. The number of rotatable bonds is 5. The molecule has 0 atom stereocenters. The normalized spacial score (nSPS) is 13.1. The van der Waals surface area contributed by atoms with Gasteiger partial charge in [-0.2, -0.15) is 0 Å². The first-order valence-corrected chi connectivity index (χ1v) is 7.42. The summed E-state index contributed by atoms with van der Waals surface area (Å²) >= 11 is 0. The first-order valence-electron chi connectivity index (χ1n) is 7.42. The van der Waals surface area contributed by atoms with E-state index in [2.05, 4.69) is 5.32 Å². The van der Waals surface area contributed by atoms with Crippen LogP contribution in [0.2, 0.25) is 0 Å². The molecule has 4 nitrogen and oxygen atoms in total. The molecule has 3 rings (SSSR count). The van der Waals surface area contributed by atoms with E-state index in [1.807, 2.05) is 54.6 Å². The maximum absolute atomic E-state index is 12.2. The Kier molecular flexibility index (Phi) is 4.19. The average Bonchev–Trinajstić information content (AvgIpc) is 2.85. The van der Waals surface area contributed by atoms with Gasteiger partial charge in [-0.15, -0.1) is 0 Å². The number of benzene rings is 2. The summed E-state index contributed by atoms with van der Waals surface area (Å²) in [5.41, 5.74) is 2.89. The van der Waals surface area contributed by atoms with Crippen LogP contribution in [0.3, 0.4) is 0 Å². The van der Waals surface area contributed by atoms with Crippen molar-refractivity contribution in [2.45, 2.75) is 13.0 Å². The molecule has 0 aromatic heterocycles. The van der Waals surface area contributed by atoms with Gasteiger partial charge in [0.2, 0.25) is 5.91 Å². The second kappa shape index (κ2) is 6.43. The summed E-state index contributed by atoms with van der Waals surface area (Å²) in [5.74, 6) is -0.175. The van der Waals surface area contributed by atoms with Gasteiger partial charge in [-0.05, 0) is 23.6 Å². The summed E-state index contributed by atoms with van der Waals surface area (Å²) in [4.78, 5) is 25.7. The van der Waals surface area contributed by atoms with E-state index in [4.69, 9.17) is 0 Å². The summed E-state index contributed by atoms with van der Waals surface area (Å²) < 4.78 is 0. The van der Waals surface area contributed by atoms with Crippen molar-refractivity contribution >= 4 is 11.8 Å². The second-order valence-electron chi connectivity index (χ2n) is 5.40. The van der Waals surface area contributed by atoms with E-state index in [1.54, 1.807) is 4.90 Å². The van der Waals surface area contributed by atoms with Crippen LogP contribution in [0.1, 0.15) is 21.5 Å². The van der Waals surface area contributed by atoms with E-state index in [1.165, 1.54) is 5.56 Å². The molecule has 112 valence electrons. The van der Waals surface area contributed by atoms with Crippen molar-refractivity contribution in [2.75, 3.05) is 13.1 Å². The van der Waals surface area contributed by atoms with Crippen molar-refractivity contribution < 1.29 is 9.59 Å². The maximum atomic E-state index is 12.2. The van der Waals surface area contributed by atoms with E-state index in [9.17, 15) is 9.59 Å². The fourth-order valence-corrected chi connectivity index (χ4v) is 2.66. The smallest absolute Gasteiger partial charge is 0.254 e. The Labute approximate surface area is 129 Å². The molecule has 0 saturated carbocycles. The van der Waals surface area contributed by atoms with Crippen molar-refractivity contribution in [3.8, 4) is 0 Å². The van der Waals surface area contributed by atoms with E-state index in [0.717, 1.165) is 12.0 Å². The molecular formula is C18H18N2O2. The molecule has 1 aliphatic heterocycles. The molecule has 1 aliphatic rings. The highest BCUT2D eigenvalue weighted by Crippen LogP contribution is 2.21. The topological polar surface area (TPSA) is 49.4 Å². The number of hydrogen-bond donors (Lipinski definition) is 1. The third-order valence-electron chi connectivity index (χ3n) is 3.81. The predicted octanol–water partition coefficient (Wildman–Crippen LogP) is 2.00. The molecule has 4 heteroatoms. The Morgan fingerprint density at radius 2 is 1.77 bits per heavy atom.